The van der Waals surface area contributed by atoms with Crippen molar-refractivity contribution in [3.8, 4) is 6.07 Å². The van der Waals surface area contributed by atoms with Crippen molar-refractivity contribution >= 4 is 16.9 Å². The molecule has 1 aromatic carbocycles. The Morgan fingerprint density at radius 3 is 2.57 bits per heavy atom. The number of carbonyl (C=O) groups excluding carboxylic acids is 1. The van der Waals surface area contributed by atoms with Crippen LogP contribution >= 0.6 is 0 Å². The highest BCUT2D eigenvalue weighted by Gasteiger charge is 2.42. The number of aromatic nitrogens is 1. The van der Waals surface area contributed by atoms with Gasteiger partial charge in [-0.3, -0.25) is 9.69 Å². The van der Waals surface area contributed by atoms with Gasteiger partial charge < -0.3 is 9.30 Å². The van der Waals surface area contributed by atoms with E-state index in [1.165, 1.54) is 0 Å². The van der Waals surface area contributed by atoms with Crippen LogP contribution in [0.2, 0.25) is 0 Å². The van der Waals surface area contributed by atoms with Gasteiger partial charge in [-0.25, -0.2) is 4.79 Å². The smallest absolute Gasteiger partial charge is 0.344 e. The molecule has 6 heteroatoms. The quantitative estimate of drug-likeness (QED) is 0.602. The molecule has 28 heavy (non-hydrogen) atoms. The molecule has 0 N–H and O–H groups in total. The average Bonchev–Trinajstić information content (AvgIpc) is 2.90. The molecule has 4 rings (SSSR count). The number of benzene rings is 1. The van der Waals surface area contributed by atoms with Gasteiger partial charge in [-0.05, 0) is 44.2 Å². The Labute approximate surface area is 164 Å². The van der Waals surface area contributed by atoms with Crippen molar-refractivity contribution in [1.82, 2.24) is 9.47 Å². The first-order valence-corrected chi connectivity index (χ1v) is 9.97. The highest BCUT2D eigenvalue weighted by molar-refractivity contribution is 5.94. The second-order valence-corrected chi connectivity index (χ2v) is 8.10. The molecule has 0 radical (unpaired) electrons. The molecule has 2 fully saturated rings. The first kappa shape index (κ1) is 18.7. The van der Waals surface area contributed by atoms with E-state index in [1.807, 2.05) is 38.1 Å². The molecule has 146 valence electrons. The Morgan fingerprint density at radius 1 is 1.25 bits per heavy atom. The summed E-state index contributed by atoms with van der Waals surface area (Å²) >= 11 is 0. The first-order chi connectivity index (χ1) is 13.5. The minimum Gasteiger partial charge on any atom is -0.459 e. The number of pyridine rings is 1. The Morgan fingerprint density at radius 2 is 1.93 bits per heavy atom. The van der Waals surface area contributed by atoms with Crippen molar-refractivity contribution < 1.29 is 9.53 Å². The molecule has 2 saturated heterocycles. The summed E-state index contributed by atoms with van der Waals surface area (Å²) in [6.07, 6.45) is 3.34. The molecule has 2 aromatic rings. The van der Waals surface area contributed by atoms with E-state index in [1.54, 1.807) is 10.6 Å². The van der Waals surface area contributed by atoms with Crippen LogP contribution < -0.4 is 5.56 Å². The molecule has 2 bridgehead atoms. The average molecular weight is 379 g/mol. The molecule has 3 heterocycles. The highest BCUT2D eigenvalue weighted by Crippen LogP contribution is 2.36. The van der Waals surface area contributed by atoms with E-state index >= 15 is 0 Å². The molecule has 1 unspecified atom stereocenters. The van der Waals surface area contributed by atoms with Crippen LogP contribution in [0.1, 0.15) is 55.9 Å². The van der Waals surface area contributed by atoms with Crippen molar-refractivity contribution in [1.29, 1.82) is 5.26 Å². The summed E-state index contributed by atoms with van der Waals surface area (Å²) in [6.45, 7) is 4.30. The summed E-state index contributed by atoms with van der Waals surface area (Å²) in [4.78, 5) is 28.1. The summed E-state index contributed by atoms with van der Waals surface area (Å²) in [7, 11) is 0. The lowest BCUT2D eigenvalue weighted by molar-refractivity contribution is -0.00332. The molecule has 2 aliphatic heterocycles. The molecule has 6 nitrogen and oxygen atoms in total. The number of nitrogens with zero attached hydrogens (tertiary/aromatic N) is 3. The van der Waals surface area contributed by atoms with Gasteiger partial charge in [0.25, 0.3) is 5.56 Å². The Hall–Kier alpha value is -2.65. The third-order valence-electron chi connectivity index (χ3n) is 6.05. The number of ether oxygens (including phenoxy) is 1. The minimum atomic E-state index is -0.539. The van der Waals surface area contributed by atoms with Gasteiger partial charge >= 0.3 is 5.97 Å². The van der Waals surface area contributed by atoms with Crippen LogP contribution in [0.5, 0.6) is 0 Å². The maximum atomic E-state index is 13.0. The number of rotatable bonds is 4. The number of carbonyl (C=O) groups is 1. The standard InChI is InChI=1S/C22H25N3O3/c1-14(2)25-20-6-4-3-5-15(20)11-19(21(25)26)22(27)28-18-12-16-7-8-17(13-18)24(16)10-9-23/h3-6,11,14,16-18H,7-8,10,12-13H2,1-2H3/t16-,17+,18?. The zero-order valence-electron chi connectivity index (χ0n) is 16.3. The lowest BCUT2D eigenvalue weighted by Crippen LogP contribution is -2.46. The molecule has 0 aliphatic carbocycles. The number of hydrogen-bond acceptors (Lipinski definition) is 5. The second kappa shape index (κ2) is 7.40. The molecule has 2 aliphatic rings. The van der Waals surface area contributed by atoms with Gasteiger partial charge in [0.15, 0.2) is 0 Å². The summed E-state index contributed by atoms with van der Waals surface area (Å²) in [5.74, 6) is -0.539. The molecule has 3 atom stereocenters. The molecule has 1 aromatic heterocycles. The third kappa shape index (κ3) is 3.20. The zero-order chi connectivity index (χ0) is 19.8. The Bertz CT molecular complexity index is 990. The fourth-order valence-corrected chi connectivity index (χ4v) is 4.82. The van der Waals surface area contributed by atoms with Crippen LogP contribution in [0.4, 0.5) is 0 Å². The Balaban J connectivity index is 1.60. The molecular formula is C22H25N3O3. The van der Waals surface area contributed by atoms with Crippen LogP contribution in [0.3, 0.4) is 0 Å². The normalized spacial score (nSPS) is 24.4. The van der Waals surface area contributed by atoms with Crippen molar-refractivity contribution in [3.05, 3.63) is 46.2 Å². The van der Waals surface area contributed by atoms with Gasteiger partial charge in [0, 0.05) is 31.0 Å². The zero-order valence-corrected chi connectivity index (χ0v) is 16.3. The van der Waals surface area contributed by atoms with Crippen molar-refractivity contribution in [2.24, 2.45) is 0 Å². The summed E-state index contributed by atoms with van der Waals surface area (Å²) in [5, 5.41) is 9.87. The van der Waals surface area contributed by atoms with E-state index in [9.17, 15) is 9.59 Å². The summed E-state index contributed by atoms with van der Waals surface area (Å²) < 4.78 is 7.45. The summed E-state index contributed by atoms with van der Waals surface area (Å²) in [5.41, 5.74) is 0.615. The van der Waals surface area contributed by atoms with Crippen LogP contribution in [-0.2, 0) is 4.74 Å². The Kier molecular flexibility index (Phi) is 4.94. The van der Waals surface area contributed by atoms with E-state index in [2.05, 4.69) is 11.0 Å². The van der Waals surface area contributed by atoms with Crippen LogP contribution in [0, 0.1) is 11.3 Å². The van der Waals surface area contributed by atoms with Crippen molar-refractivity contribution in [3.63, 3.8) is 0 Å². The van der Waals surface area contributed by atoms with Crippen LogP contribution in [0.15, 0.2) is 35.1 Å². The lowest BCUT2D eigenvalue weighted by Gasteiger charge is -2.36. The van der Waals surface area contributed by atoms with Gasteiger partial charge in [-0.2, -0.15) is 5.26 Å². The van der Waals surface area contributed by atoms with E-state index in [0.717, 1.165) is 36.6 Å². The number of nitriles is 1. The van der Waals surface area contributed by atoms with E-state index < -0.39 is 5.97 Å². The van der Waals surface area contributed by atoms with Crippen LogP contribution in [-0.4, -0.2) is 40.2 Å². The molecule has 0 spiro atoms. The topological polar surface area (TPSA) is 75.3 Å². The second-order valence-electron chi connectivity index (χ2n) is 8.10. The van der Waals surface area contributed by atoms with Crippen molar-refractivity contribution in [2.45, 2.75) is 63.8 Å². The maximum Gasteiger partial charge on any atom is 0.344 e. The first-order valence-electron chi connectivity index (χ1n) is 9.97. The van der Waals surface area contributed by atoms with E-state index in [-0.39, 0.29) is 23.3 Å². The van der Waals surface area contributed by atoms with Gasteiger partial charge in [0.2, 0.25) is 0 Å². The number of esters is 1. The fourth-order valence-electron chi connectivity index (χ4n) is 4.82. The highest BCUT2D eigenvalue weighted by atomic mass is 16.5. The number of para-hydroxylation sites is 1. The molecule has 0 amide bonds. The predicted octanol–water partition coefficient (Wildman–Crippen LogP) is 3.26. The third-order valence-corrected chi connectivity index (χ3v) is 6.05. The largest absolute Gasteiger partial charge is 0.459 e. The molecule has 0 saturated carbocycles. The van der Waals surface area contributed by atoms with Crippen LogP contribution in [0.25, 0.3) is 10.9 Å². The van der Waals surface area contributed by atoms with Crippen molar-refractivity contribution in [2.75, 3.05) is 6.54 Å². The van der Waals surface area contributed by atoms with Gasteiger partial charge in [0.1, 0.15) is 11.7 Å². The predicted molar refractivity (Wildman–Crippen MR) is 106 cm³/mol. The number of hydrogen-bond donors (Lipinski definition) is 0. The van der Waals surface area contributed by atoms with Gasteiger partial charge in [0.05, 0.1) is 18.1 Å². The number of piperidine rings is 1. The lowest BCUT2D eigenvalue weighted by atomic mass is 9.99. The minimum absolute atomic E-state index is 0.0600. The maximum absolute atomic E-state index is 13.0. The monoisotopic (exact) mass is 379 g/mol. The number of fused-ring (bicyclic) bond motifs is 3. The fraction of sp³-hybridized carbons (Fsp3) is 0.500. The van der Waals surface area contributed by atoms with E-state index in [4.69, 9.17) is 10.00 Å². The summed E-state index contributed by atoms with van der Waals surface area (Å²) in [6, 6.07) is 12.0. The van der Waals surface area contributed by atoms with Gasteiger partial charge in [-0.15, -0.1) is 0 Å². The van der Waals surface area contributed by atoms with E-state index in [0.29, 0.717) is 18.6 Å². The van der Waals surface area contributed by atoms with Gasteiger partial charge in [-0.1, -0.05) is 18.2 Å². The SMILES string of the molecule is CC(C)n1c(=O)c(C(=O)OC2C[C@H]3CC[C@@H](C2)N3CC#N)cc2ccccc21. The molecular weight excluding hydrogens is 354 g/mol.